The van der Waals surface area contributed by atoms with Gasteiger partial charge in [0.25, 0.3) is 5.91 Å². The maximum atomic E-state index is 13.2. The van der Waals surface area contributed by atoms with Gasteiger partial charge in [-0.25, -0.2) is 4.98 Å². The number of likely N-dealkylation sites (tertiary alicyclic amines) is 1. The molecule has 1 fully saturated rings. The molecule has 2 amide bonds. The van der Waals surface area contributed by atoms with Crippen molar-refractivity contribution in [3.05, 3.63) is 59.2 Å². The van der Waals surface area contributed by atoms with Crippen LogP contribution < -0.4 is 5.32 Å². The fourth-order valence-electron chi connectivity index (χ4n) is 4.59. The first kappa shape index (κ1) is 29.8. The summed E-state index contributed by atoms with van der Waals surface area (Å²) >= 11 is 0. The van der Waals surface area contributed by atoms with E-state index in [1.54, 1.807) is 11.9 Å². The van der Waals surface area contributed by atoms with Crippen molar-refractivity contribution in [1.29, 1.82) is 0 Å². The van der Waals surface area contributed by atoms with Gasteiger partial charge in [0.2, 0.25) is 11.9 Å². The van der Waals surface area contributed by atoms with Crippen LogP contribution >= 0.6 is 0 Å². The van der Waals surface area contributed by atoms with Crippen molar-refractivity contribution in [3.8, 4) is 0 Å². The van der Waals surface area contributed by atoms with E-state index in [4.69, 9.17) is 4.43 Å². The summed E-state index contributed by atoms with van der Waals surface area (Å²) in [6, 6.07) is 9.96. The molecule has 1 aromatic heterocycles. The minimum Gasteiger partial charge on any atom is -0.417 e. The molecule has 216 valence electrons. The Kier molecular flexibility index (Phi) is 8.19. The van der Waals surface area contributed by atoms with Gasteiger partial charge < -0.3 is 13.9 Å². The number of halogens is 3. The molecule has 0 bridgehead atoms. The molecule has 0 spiro atoms. The lowest BCUT2D eigenvalue weighted by Crippen LogP contribution is -2.41. The Morgan fingerprint density at radius 1 is 1.15 bits per heavy atom. The van der Waals surface area contributed by atoms with Crippen LogP contribution in [0.25, 0.3) is 11.0 Å². The average Bonchev–Trinajstić information content (AvgIpc) is 3.38. The summed E-state index contributed by atoms with van der Waals surface area (Å²) in [6.07, 6.45) is -3.20. The molecule has 0 aliphatic carbocycles. The number of fused-ring (bicyclic) bond motifs is 1. The molecular weight excluding hydrogens is 537 g/mol. The van der Waals surface area contributed by atoms with E-state index >= 15 is 0 Å². The molecule has 0 saturated carbocycles. The number of alkyl halides is 3. The lowest BCUT2D eigenvalue weighted by Gasteiger charge is -2.36. The standard InChI is InChI=1S/C29H37F3N4O3Si/c1-28(2,3)40(5,6)39-16-8-14-36-24-12-11-19(22-13-15-35(4)26(22)38)18-23(24)33-27(36)34-25(37)20-9-7-10-21(17-20)29(30,31)32/h7,9-12,17-18,22H,8,13-16H2,1-6H3,(H,33,34,37). The van der Waals surface area contributed by atoms with Gasteiger partial charge in [0.15, 0.2) is 8.32 Å². The first-order valence-corrected chi connectivity index (χ1v) is 16.4. The zero-order valence-corrected chi connectivity index (χ0v) is 24.9. The molecule has 2 heterocycles. The Hall–Kier alpha value is -3.18. The highest BCUT2D eigenvalue weighted by atomic mass is 28.4. The highest BCUT2D eigenvalue weighted by Crippen LogP contribution is 2.37. The summed E-state index contributed by atoms with van der Waals surface area (Å²) in [7, 11) is -0.162. The number of aryl methyl sites for hydroxylation is 1. The van der Waals surface area contributed by atoms with Crippen LogP contribution in [-0.2, 0) is 21.9 Å². The molecule has 2 aromatic carbocycles. The van der Waals surface area contributed by atoms with E-state index in [0.717, 1.165) is 23.2 Å². The number of anilines is 1. The van der Waals surface area contributed by atoms with E-state index in [-0.39, 0.29) is 28.4 Å². The van der Waals surface area contributed by atoms with Gasteiger partial charge in [-0.2, -0.15) is 13.2 Å². The molecule has 4 rings (SSSR count). The van der Waals surface area contributed by atoms with Crippen LogP contribution in [-0.4, -0.2) is 54.8 Å². The predicted octanol–water partition coefficient (Wildman–Crippen LogP) is 6.67. The van der Waals surface area contributed by atoms with Crippen molar-refractivity contribution in [2.24, 2.45) is 0 Å². The number of rotatable bonds is 8. The molecule has 1 N–H and O–H groups in total. The normalized spacial score (nSPS) is 16.7. The summed E-state index contributed by atoms with van der Waals surface area (Å²) in [5.74, 6) is -0.648. The number of aromatic nitrogens is 2. The van der Waals surface area contributed by atoms with Crippen LogP contribution in [0.1, 0.15) is 61.0 Å². The number of imidazole rings is 1. The quantitative estimate of drug-likeness (QED) is 0.241. The predicted molar refractivity (Wildman–Crippen MR) is 152 cm³/mol. The number of hydrogen-bond donors (Lipinski definition) is 1. The third kappa shape index (κ3) is 6.25. The summed E-state index contributed by atoms with van der Waals surface area (Å²) in [4.78, 5) is 32.0. The minimum atomic E-state index is -4.56. The number of amides is 2. The first-order valence-electron chi connectivity index (χ1n) is 13.5. The van der Waals surface area contributed by atoms with Gasteiger partial charge in [-0.05, 0) is 66.9 Å². The Bertz CT molecular complexity index is 1410. The van der Waals surface area contributed by atoms with Crippen molar-refractivity contribution >= 4 is 37.1 Å². The van der Waals surface area contributed by atoms with E-state index in [2.05, 4.69) is 44.2 Å². The fraction of sp³-hybridized carbons (Fsp3) is 0.483. The Morgan fingerprint density at radius 3 is 2.50 bits per heavy atom. The van der Waals surface area contributed by atoms with E-state index in [0.29, 0.717) is 38.1 Å². The Morgan fingerprint density at radius 2 is 1.88 bits per heavy atom. The maximum absolute atomic E-state index is 13.2. The minimum absolute atomic E-state index is 0.0552. The number of nitrogens with zero attached hydrogens (tertiary/aromatic N) is 3. The summed E-state index contributed by atoms with van der Waals surface area (Å²) in [5, 5.41) is 2.79. The third-order valence-electron chi connectivity index (χ3n) is 8.07. The van der Waals surface area contributed by atoms with Crippen molar-refractivity contribution < 1.29 is 27.2 Å². The van der Waals surface area contributed by atoms with E-state index in [1.807, 2.05) is 22.8 Å². The highest BCUT2D eigenvalue weighted by molar-refractivity contribution is 6.74. The molecule has 40 heavy (non-hydrogen) atoms. The second-order valence-electron chi connectivity index (χ2n) is 11.9. The average molecular weight is 575 g/mol. The maximum Gasteiger partial charge on any atom is 0.416 e. The molecule has 11 heteroatoms. The molecule has 7 nitrogen and oxygen atoms in total. The van der Waals surface area contributed by atoms with Gasteiger partial charge in [0.05, 0.1) is 22.5 Å². The van der Waals surface area contributed by atoms with Crippen LogP contribution in [0.5, 0.6) is 0 Å². The number of carbonyl (C=O) groups is 2. The van der Waals surface area contributed by atoms with Gasteiger partial charge in [0.1, 0.15) is 0 Å². The largest absolute Gasteiger partial charge is 0.417 e. The molecule has 1 aliphatic rings. The summed E-state index contributed by atoms with van der Waals surface area (Å²) < 4.78 is 47.8. The van der Waals surface area contributed by atoms with E-state index in [9.17, 15) is 22.8 Å². The molecule has 3 aromatic rings. The lowest BCUT2D eigenvalue weighted by molar-refractivity contribution is -0.137. The van der Waals surface area contributed by atoms with Crippen molar-refractivity contribution in [1.82, 2.24) is 14.5 Å². The van der Waals surface area contributed by atoms with Crippen LogP contribution in [0, 0.1) is 0 Å². The number of benzene rings is 2. The zero-order valence-electron chi connectivity index (χ0n) is 23.9. The fourth-order valence-corrected chi connectivity index (χ4v) is 5.68. The zero-order chi connectivity index (χ0) is 29.5. The van der Waals surface area contributed by atoms with Crippen LogP contribution in [0.3, 0.4) is 0 Å². The van der Waals surface area contributed by atoms with Gasteiger partial charge in [-0.3, -0.25) is 14.9 Å². The van der Waals surface area contributed by atoms with Gasteiger partial charge in [0, 0.05) is 32.3 Å². The second-order valence-corrected chi connectivity index (χ2v) is 16.7. The van der Waals surface area contributed by atoms with Crippen LogP contribution in [0.2, 0.25) is 18.1 Å². The van der Waals surface area contributed by atoms with Crippen LogP contribution in [0.4, 0.5) is 19.1 Å². The van der Waals surface area contributed by atoms with Gasteiger partial charge in [-0.1, -0.05) is 32.9 Å². The lowest BCUT2D eigenvalue weighted by atomic mass is 9.97. The molecule has 1 atom stereocenters. The molecule has 0 radical (unpaired) electrons. The number of likely N-dealkylation sites (N-methyl/N-ethyl adjacent to an activating group) is 1. The molecular formula is C29H37F3N4O3Si. The summed E-state index contributed by atoms with van der Waals surface area (Å²) in [6.45, 7) is 12.6. The van der Waals surface area contributed by atoms with Crippen molar-refractivity contribution in [3.63, 3.8) is 0 Å². The third-order valence-corrected chi connectivity index (χ3v) is 12.6. The number of hydrogen-bond acceptors (Lipinski definition) is 4. The smallest absolute Gasteiger partial charge is 0.416 e. The van der Waals surface area contributed by atoms with Gasteiger partial charge in [-0.15, -0.1) is 0 Å². The van der Waals surface area contributed by atoms with Crippen molar-refractivity contribution in [2.45, 2.75) is 70.4 Å². The molecule has 1 saturated heterocycles. The van der Waals surface area contributed by atoms with Crippen LogP contribution in [0.15, 0.2) is 42.5 Å². The van der Waals surface area contributed by atoms with Gasteiger partial charge >= 0.3 is 6.18 Å². The SMILES string of the molecule is CN1CCC(c2ccc3c(c2)nc(NC(=O)c2cccc(C(F)(F)F)c2)n3CCCO[Si](C)(C)C(C)(C)C)C1=O. The molecule has 1 unspecified atom stereocenters. The second kappa shape index (κ2) is 11.0. The Balaban J connectivity index is 1.62. The summed E-state index contributed by atoms with van der Waals surface area (Å²) in [5.41, 5.74) is 1.20. The molecule has 1 aliphatic heterocycles. The first-order chi connectivity index (χ1) is 18.6. The number of nitrogens with one attached hydrogen (secondary N) is 1. The highest BCUT2D eigenvalue weighted by Gasteiger charge is 2.37. The van der Waals surface area contributed by atoms with Crippen molar-refractivity contribution in [2.75, 3.05) is 25.5 Å². The van der Waals surface area contributed by atoms with E-state index < -0.39 is 26.0 Å². The monoisotopic (exact) mass is 574 g/mol. The number of carbonyl (C=O) groups excluding carboxylic acids is 2. The van der Waals surface area contributed by atoms with E-state index in [1.165, 1.54) is 12.1 Å². The Labute approximate surface area is 233 Å². The topological polar surface area (TPSA) is 76.5 Å².